The van der Waals surface area contributed by atoms with E-state index in [1.807, 2.05) is 0 Å². The van der Waals surface area contributed by atoms with Crippen LogP contribution >= 0.6 is 0 Å². The molecule has 5 nitrogen and oxygen atoms in total. The minimum atomic E-state index is -3.84. The highest BCUT2D eigenvalue weighted by Gasteiger charge is 2.06. The lowest BCUT2D eigenvalue weighted by atomic mass is 10.8. The molecule has 0 rings (SSSR count). The minimum Gasteiger partial charge on any atom is -0.394 e. The van der Waals surface area contributed by atoms with Crippen LogP contribution in [0.1, 0.15) is 0 Å². The Labute approximate surface area is 53.5 Å². The number of aliphatic hydroxyl groups is 1. The Hall–Kier alpha value is -0.170. The van der Waals surface area contributed by atoms with Gasteiger partial charge in [0.15, 0.2) is 0 Å². The topological polar surface area (TPSA) is 72.8 Å². The Bertz CT molecular complexity index is 148. The van der Waals surface area contributed by atoms with Gasteiger partial charge in [0, 0.05) is 0 Å². The predicted octanol–water partition coefficient (Wildman–Crippen LogP) is -1.11. The molecule has 0 aliphatic carbocycles. The molecule has 0 aromatic carbocycles. The number of aliphatic hydroxyl groups excluding tert-OH is 1. The van der Waals surface area contributed by atoms with Crippen molar-refractivity contribution in [2.24, 2.45) is 0 Å². The third-order valence-electron chi connectivity index (χ3n) is 0.523. The average molecular weight is 156 g/mol. The molecule has 0 atom stereocenters. The first-order valence-corrected chi connectivity index (χ1v) is 3.51. The third-order valence-corrected chi connectivity index (χ3v) is 1.39. The second kappa shape index (κ2) is 3.78. The minimum absolute atomic E-state index is 0.268. The molecule has 1 N–H and O–H groups in total. The van der Waals surface area contributed by atoms with Gasteiger partial charge in [0.1, 0.15) is 0 Å². The fraction of sp³-hybridized carbons (Fsp3) is 1.00. The third kappa shape index (κ3) is 4.34. The highest BCUT2D eigenvalue weighted by Crippen LogP contribution is 1.90. The summed E-state index contributed by atoms with van der Waals surface area (Å²) in [5, 5.41) is 8.08. The van der Waals surface area contributed by atoms with Crippen molar-refractivity contribution >= 4 is 10.4 Å². The lowest BCUT2D eigenvalue weighted by molar-refractivity contribution is 0.180. The van der Waals surface area contributed by atoms with Gasteiger partial charge in [0.2, 0.25) is 0 Å². The van der Waals surface area contributed by atoms with Crippen molar-refractivity contribution in [2.75, 3.05) is 20.3 Å². The van der Waals surface area contributed by atoms with Crippen LogP contribution < -0.4 is 0 Å². The average Bonchev–Trinajstić information content (AvgIpc) is 1.84. The van der Waals surface area contributed by atoms with Crippen LogP contribution in [0.3, 0.4) is 0 Å². The lowest BCUT2D eigenvalue weighted by Crippen LogP contribution is -2.10. The molecular weight excluding hydrogens is 148 g/mol. The Morgan fingerprint density at radius 1 is 1.56 bits per heavy atom. The molecule has 0 radical (unpaired) electrons. The van der Waals surface area contributed by atoms with E-state index in [9.17, 15) is 8.42 Å². The Kier molecular flexibility index (Phi) is 3.71. The largest absolute Gasteiger partial charge is 0.399 e. The van der Waals surface area contributed by atoms with Crippen molar-refractivity contribution in [1.82, 2.24) is 0 Å². The van der Waals surface area contributed by atoms with Crippen LogP contribution in [0.25, 0.3) is 0 Å². The van der Waals surface area contributed by atoms with Crippen LogP contribution in [0.4, 0.5) is 0 Å². The van der Waals surface area contributed by atoms with Crippen LogP contribution in [-0.2, 0) is 18.8 Å². The van der Waals surface area contributed by atoms with Gasteiger partial charge in [-0.15, -0.1) is 0 Å². The van der Waals surface area contributed by atoms with Gasteiger partial charge in [0.25, 0.3) is 0 Å². The van der Waals surface area contributed by atoms with Gasteiger partial charge >= 0.3 is 10.4 Å². The fourth-order valence-corrected chi connectivity index (χ4v) is 0.562. The zero-order valence-electron chi connectivity index (χ0n) is 4.90. The summed E-state index contributed by atoms with van der Waals surface area (Å²) < 4.78 is 28.3. The van der Waals surface area contributed by atoms with Gasteiger partial charge in [-0.3, -0.25) is 4.18 Å². The van der Waals surface area contributed by atoms with Crippen molar-refractivity contribution < 1.29 is 21.9 Å². The van der Waals surface area contributed by atoms with Crippen molar-refractivity contribution in [3.05, 3.63) is 0 Å². The number of rotatable bonds is 4. The van der Waals surface area contributed by atoms with E-state index >= 15 is 0 Å². The van der Waals surface area contributed by atoms with E-state index in [4.69, 9.17) is 5.11 Å². The monoisotopic (exact) mass is 156 g/mol. The Morgan fingerprint density at radius 3 is 2.44 bits per heavy atom. The molecule has 0 unspecified atom stereocenters. The van der Waals surface area contributed by atoms with Gasteiger partial charge < -0.3 is 5.11 Å². The molecule has 0 aliphatic rings. The number of hydrogen-bond acceptors (Lipinski definition) is 5. The molecular formula is C3H8O5S. The maximum Gasteiger partial charge on any atom is 0.399 e. The second-order valence-corrected chi connectivity index (χ2v) is 2.51. The van der Waals surface area contributed by atoms with Crippen LogP contribution in [0, 0.1) is 0 Å². The predicted molar refractivity (Wildman–Crippen MR) is 29.0 cm³/mol. The van der Waals surface area contributed by atoms with Crippen molar-refractivity contribution in [2.45, 2.75) is 0 Å². The molecule has 0 aromatic rings. The zero-order chi connectivity index (χ0) is 7.33. The van der Waals surface area contributed by atoms with E-state index in [-0.39, 0.29) is 13.2 Å². The summed E-state index contributed by atoms with van der Waals surface area (Å²) in [5.41, 5.74) is 0. The van der Waals surface area contributed by atoms with Crippen molar-refractivity contribution in [3.63, 3.8) is 0 Å². The molecule has 0 saturated heterocycles. The normalized spacial score (nSPS) is 11.8. The summed E-state index contributed by atoms with van der Waals surface area (Å²) in [6, 6.07) is 0. The number of hydrogen-bond donors (Lipinski definition) is 1. The maximum absolute atomic E-state index is 10.2. The molecule has 0 aliphatic heterocycles. The quantitative estimate of drug-likeness (QED) is 0.558. The van der Waals surface area contributed by atoms with Crippen LogP contribution in [0.5, 0.6) is 0 Å². The Balaban J connectivity index is 3.61. The fourth-order valence-electron chi connectivity index (χ4n) is 0.187. The summed E-state index contributed by atoms with van der Waals surface area (Å²) in [6.07, 6.45) is 0. The van der Waals surface area contributed by atoms with Crippen LogP contribution in [0.15, 0.2) is 0 Å². The summed E-state index contributed by atoms with van der Waals surface area (Å²) >= 11 is 0. The molecule has 0 spiro atoms. The second-order valence-electron chi connectivity index (χ2n) is 1.12. The molecule has 0 bridgehead atoms. The summed E-state index contributed by atoms with van der Waals surface area (Å²) in [4.78, 5) is 0. The molecule has 0 heterocycles. The standard InChI is InChI=1S/C3H8O5S/c1-7-9(5,6)8-3-2-4/h4H,2-3H2,1H3. The SMILES string of the molecule is COS(=O)(=O)OCCO. The zero-order valence-corrected chi connectivity index (χ0v) is 5.72. The summed E-state index contributed by atoms with van der Waals surface area (Å²) in [5.74, 6) is 0. The molecule has 0 amide bonds. The van der Waals surface area contributed by atoms with Gasteiger partial charge in [-0.1, -0.05) is 0 Å². The van der Waals surface area contributed by atoms with Gasteiger partial charge in [-0.05, 0) is 0 Å². The Morgan fingerprint density at radius 2 is 2.11 bits per heavy atom. The van der Waals surface area contributed by atoms with E-state index < -0.39 is 10.4 Å². The van der Waals surface area contributed by atoms with Gasteiger partial charge in [-0.2, -0.15) is 8.42 Å². The highest BCUT2D eigenvalue weighted by atomic mass is 32.3. The van der Waals surface area contributed by atoms with Crippen molar-refractivity contribution in [1.29, 1.82) is 0 Å². The molecule has 56 valence electrons. The smallest absolute Gasteiger partial charge is 0.394 e. The van der Waals surface area contributed by atoms with E-state index in [0.29, 0.717) is 0 Å². The maximum atomic E-state index is 10.2. The van der Waals surface area contributed by atoms with Crippen LogP contribution in [-0.4, -0.2) is 33.8 Å². The van der Waals surface area contributed by atoms with E-state index in [1.54, 1.807) is 0 Å². The van der Waals surface area contributed by atoms with Gasteiger partial charge in [-0.25, -0.2) is 4.18 Å². The summed E-state index contributed by atoms with van der Waals surface area (Å²) in [6.45, 7) is -0.612. The first-order chi connectivity index (χ1) is 4.12. The lowest BCUT2D eigenvalue weighted by Gasteiger charge is -1.97. The first kappa shape index (κ1) is 8.83. The van der Waals surface area contributed by atoms with Crippen molar-refractivity contribution in [3.8, 4) is 0 Å². The molecule has 0 aromatic heterocycles. The highest BCUT2D eigenvalue weighted by molar-refractivity contribution is 7.81. The molecule has 0 fully saturated rings. The molecule has 9 heavy (non-hydrogen) atoms. The van der Waals surface area contributed by atoms with Crippen LogP contribution in [0.2, 0.25) is 0 Å². The first-order valence-electron chi connectivity index (χ1n) is 2.18. The van der Waals surface area contributed by atoms with E-state index in [2.05, 4.69) is 8.37 Å². The molecule has 0 saturated carbocycles. The van der Waals surface area contributed by atoms with E-state index in [0.717, 1.165) is 7.11 Å². The summed E-state index contributed by atoms with van der Waals surface area (Å²) in [7, 11) is -2.86. The van der Waals surface area contributed by atoms with Gasteiger partial charge in [0.05, 0.1) is 20.3 Å². The molecule has 6 heteroatoms. The van der Waals surface area contributed by atoms with E-state index in [1.165, 1.54) is 0 Å².